The Kier molecular flexibility index (Phi) is 5.81. The maximum absolute atomic E-state index is 11.9. The van der Waals surface area contributed by atoms with E-state index < -0.39 is 6.09 Å². The number of aromatic nitrogens is 1. The number of hydrogen-bond acceptors (Lipinski definition) is 5. The lowest BCUT2D eigenvalue weighted by molar-refractivity contribution is 0.143. The molecule has 1 N–H and O–H groups in total. The van der Waals surface area contributed by atoms with Crippen LogP contribution in [0.2, 0.25) is 0 Å². The number of benzene rings is 1. The Morgan fingerprint density at radius 1 is 1.24 bits per heavy atom. The van der Waals surface area contributed by atoms with E-state index in [0.29, 0.717) is 5.71 Å². The number of thiazole rings is 1. The SMILES string of the molecule is C/C(=N\OC(=O)NC1CCCCC1)c1sc(-c2ccccc2)nc1C. The molecule has 1 aliphatic rings. The minimum atomic E-state index is -0.475. The third-order valence-electron chi connectivity index (χ3n) is 4.34. The van der Waals surface area contributed by atoms with Crippen molar-refractivity contribution >= 4 is 23.1 Å². The summed E-state index contributed by atoms with van der Waals surface area (Å²) in [6.45, 7) is 3.78. The predicted octanol–water partition coefficient (Wildman–Crippen LogP) is 4.90. The minimum absolute atomic E-state index is 0.214. The van der Waals surface area contributed by atoms with E-state index in [1.165, 1.54) is 6.42 Å². The smallest absolute Gasteiger partial charge is 0.317 e. The van der Waals surface area contributed by atoms with E-state index in [1.807, 2.05) is 44.2 Å². The number of nitrogens with zero attached hydrogens (tertiary/aromatic N) is 2. The molecule has 0 bridgehead atoms. The van der Waals surface area contributed by atoms with Crippen LogP contribution in [0.15, 0.2) is 35.5 Å². The first kappa shape index (κ1) is 17.6. The quantitative estimate of drug-likeness (QED) is 0.481. The maximum atomic E-state index is 11.9. The van der Waals surface area contributed by atoms with Crippen LogP contribution in [0.25, 0.3) is 10.6 Å². The van der Waals surface area contributed by atoms with Crippen molar-refractivity contribution in [3.8, 4) is 10.6 Å². The van der Waals surface area contributed by atoms with Gasteiger partial charge in [-0.05, 0) is 26.7 Å². The Labute approximate surface area is 152 Å². The van der Waals surface area contributed by atoms with Gasteiger partial charge in [-0.15, -0.1) is 11.3 Å². The second kappa shape index (κ2) is 8.25. The van der Waals surface area contributed by atoms with Gasteiger partial charge in [0.2, 0.25) is 0 Å². The van der Waals surface area contributed by atoms with Gasteiger partial charge in [0, 0.05) is 11.6 Å². The molecule has 1 aliphatic carbocycles. The lowest BCUT2D eigenvalue weighted by atomic mass is 9.96. The van der Waals surface area contributed by atoms with Crippen LogP contribution in [0.1, 0.15) is 49.6 Å². The predicted molar refractivity (Wildman–Crippen MR) is 101 cm³/mol. The minimum Gasteiger partial charge on any atom is -0.317 e. The van der Waals surface area contributed by atoms with E-state index in [9.17, 15) is 4.79 Å². The van der Waals surface area contributed by atoms with Gasteiger partial charge in [0.1, 0.15) is 5.01 Å². The first-order valence-corrected chi connectivity index (χ1v) is 9.50. The highest BCUT2D eigenvalue weighted by Crippen LogP contribution is 2.28. The molecule has 0 aliphatic heterocycles. The first-order chi connectivity index (χ1) is 12.1. The molecular weight excluding hydrogens is 334 g/mol. The van der Waals surface area contributed by atoms with Crippen LogP contribution in [0.3, 0.4) is 0 Å². The zero-order valence-electron chi connectivity index (χ0n) is 14.6. The number of oxime groups is 1. The molecule has 132 valence electrons. The molecule has 0 spiro atoms. The van der Waals surface area contributed by atoms with E-state index in [0.717, 1.165) is 46.8 Å². The van der Waals surface area contributed by atoms with Crippen molar-refractivity contribution in [2.24, 2.45) is 5.16 Å². The van der Waals surface area contributed by atoms with Crippen molar-refractivity contribution in [3.63, 3.8) is 0 Å². The fourth-order valence-electron chi connectivity index (χ4n) is 3.03. The molecule has 6 heteroatoms. The molecule has 1 amide bonds. The summed E-state index contributed by atoms with van der Waals surface area (Å²) < 4.78 is 0. The molecule has 0 saturated heterocycles. The topological polar surface area (TPSA) is 63.6 Å². The van der Waals surface area contributed by atoms with Crippen molar-refractivity contribution < 1.29 is 9.63 Å². The molecule has 2 aromatic rings. The molecule has 5 nitrogen and oxygen atoms in total. The van der Waals surface area contributed by atoms with Gasteiger partial charge >= 0.3 is 6.09 Å². The highest BCUT2D eigenvalue weighted by atomic mass is 32.1. The molecule has 0 atom stereocenters. The average Bonchev–Trinajstić information content (AvgIpc) is 3.03. The fourth-order valence-corrected chi connectivity index (χ4v) is 4.04. The van der Waals surface area contributed by atoms with Crippen LogP contribution in [0, 0.1) is 6.92 Å². The summed E-state index contributed by atoms with van der Waals surface area (Å²) in [5, 5.41) is 7.83. The third kappa shape index (κ3) is 4.66. The number of amides is 1. The third-order valence-corrected chi connectivity index (χ3v) is 5.65. The largest absolute Gasteiger partial charge is 0.433 e. The number of carbonyl (C=O) groups is 1. The van der Waals surface area contributed by atoms with Gasteiger partial charge in [0.15, 0.2) is 0 Å². The second-order valence-electron chi connectivity index (χ2n) is 6.33. The zero-order chi connectivity index (χ0) is 17.6. The summed E-state index contributed by atoms with van der Waals surface area (Å²) in [5.74, 6) is 0. The number of rotatable bonds is 4. The summed E-state index contributed by atoms with van der Waals surface area (Å²) in [7, 11) is 0. The molecule has 1 aromatic heterocycles. The Bertz CT molecular complexity index is 749. The van der Waals surface area contributed by atoms with Crippen LogP contribution in [0.5, 0.6) is 0 Å². The van der Waals surface area contributed by atoms with Gasteiger partial charge in [-0.2, -0.15) is 0 Å². The molecule has 1 saturated carbocycles. The zero-order valence-corrected chi connectivity index (χ0v) is 15.4. The van der Waals surface area contributed by atoms with Gasteiger partial charge in [-0.1, -0.05) is 54.8 Å². The normalized spacial score (nSPS) is 15.8. The lowest BCUT2D eigenvalue weighted by Crippen LogP contribution is -2.35. The van der Waals surface area contributed by atoms with Crippen LogP contribution in [-0.4, -0.2) is 22.8 Å². The van der Waals surface area contributed by atoms with Gasteiger partial charge in [-0.3, -0.25) is 4.84 Å². The van der Waals surface area contributed by atoms with Gasteiger partial charge < -0.3 is 5.32 Å². The van der Waals surface area contributed by atoms with E-state index >= 15 is 0 Å². The Morgan fingerprint density at radius 3 is 2.68 bits per heavy atom. The van der Waals surface area contributed by atoms with Crippen LogP contribution in [0.4, 0.5) is 4.79 Å². The Morgan fingerprint density at radius 2 is 1.96 bits per heavy atom. The van der Waals surface area contributed by atoms with Crippen molar-refractivity contribution in [3.05, 3.63) is 40.9 Å². The Balaban J connectivity index is 1.64. The summed E-state index contributed by atoms with van der Waals surface area (Å²) in [6, 6.07) is 10.2. The highest BCUT2D eigenvalue weighted by molar-refractivity contribution is 7.17. The second-order valence-corrected chi connectivity index (χ2v) is 7.33. The van der Waals surface area contributed by atoms with E-state index in [-0.39, 0.29) is 6.04 Å². The van der Waals surface area contributed by atoms with Crippen molar-refractivity contribution in [1.82, 2.24) is 10.3 Å². The molecule has 0 radical (unpaired) electrons. The molecule has 1 heterocycles. The summed E-state index contributed by atoms with van der Waals surface area (Å²) in [4.78, 5) is 22.5. The molecule has 1 fully saturated rings. The van der Waals surface area contributed by atoms with Crippen LogP contribution < -0.4 is 5.32 Å². The molecule has 25 heavy (non-hydrogen) atoms. The summed E-state index contributed by atoms with van der Waals surface area (Å²) in [6.07, 6.45) is 5.14. The summed E-state index contributed by atoms with van der Waals surface area (Å²) in [5.41, 5.74) is 2.63. The first-order valence-electron chi connectivity index (χ1n) is 8.69. The standard InChI is InChI=1S/C19H23N3O2S/c1-13-17(25-18(20-13)15-9-5-3-6-10-15)14(2)22-24-19(23)21-16-11-7-4-8-12-16/h3,5-6,9-10,16H,4,7-8,11-12H2,1-2H3,(H,21,23)/b22-14+. The van der Waals surface area contributed by atoms with Crippen molar-refractivity contribution in [2.75, 3.05) is 0 Å². The molecular formula is C19H23N3O2S. The average molecular weight is 357 g/mol. The monoisotopic (exact) mass is 357 g/mol. The van der Waals surface area contributed by atoms with Crippen LogP contribution >= 0.6 is 11.3 Å². The number of nitrogens with one attached hydrogen (secondary N) is 1. The molecule has 0 unspecified atom stereocenters. The Hall–Kier alpha value is -2.21. The highest BCUT2D eigenvalue weighted by Gasteiger charge is 2.17. The maximum Gasteiger partial charge on any atom is 0.433 e. The number of hydrogen-bond donors (Lipinski definition) is 1. The van der Waals surface area contributed by atoms with E-state index in [1.54, 1.807) is 11.3 Å². The van der Waals surface area contributed by atoms with Gasteiger partial charge in [0.05, 0.1) is 16.3 Å². The van der Waals surface area contributed by atoms with Crippen molar-refractivity contribution in [1.29, 1.82) is 0 Å². The van der Waals surface area contributed by atoms with Gasteiger partial charge in [0.25, 0.3) is 0 Å². The molecule has 3 rings (SSSR count). The molecule has 1 aromatic carbocycles. The van der Waals surface area contributed by atoms with Crippen LogP contribution in [-0.2, 0) is 4.84 Å². The van der Waals surface area contributed by atoms with Crippen molar-refractivity contribution in [2.45, 2.75) is 52.0 Å². The summed E-state index contributed by atoms with van der Waals surface area (Å²) >= 11 is 1.55. The van der Waals surface area contributed by atoms with E-state index in [4.69, 9.17) is 4.84 Å². The number of carbonyl (C=O) groups excluding carboxylic acids is 1. The number of aryl methyl sites for hydroxylation is 1. The van der Waals surface area contributed by atoms with Gasteiger partial charge in [-0.25, -0.2) is 9.78 Å². The fraction of sp³-hybridized carbons (Fsp3) is 0.421. The van der Waals surface area contributed by atoms with E-state index in [2.05, 4.69) is 15.5 Å². The lowest BCUT2D eigenvalue weighted by Gasteiger charge is -2.21.